The highest BCUT2D eigenvalue weighted by Crippen LogP contribution is 2.22. The number of piperazine rings is 1. The van der Waals surface area contributed by atoms with Gasteiger partial charge in [0.15, 0.2) is 0 Å². The van der Waals surface area contributed by atoms with Gasteiger partial charge in [0.05, 0.1) is 11.1 Å². The summed E-state index contributed by atoms with van der Waals surface area (Å²) in [7, 11) is 0. The number of rotatable bonds is 2. The average Bonchev–Trinajstić information content (AvgIpc) is 2.93. The maximum Gasteiger partial charge on any atom is 0.251 e. The molecule has 0 saturated carbocycles. The second kappa shape index (κ2) is 6.53. The first-order chi connectivity index (χ1) is 10.1. The summed E-state index contributed by atoms with van der Waals surface area (Å²) >= 11 is 0. The van der Waals surface area contributed by atoms with Crippen LogP contribution in [0, 0.1) is 5.82 Å². The number of nitrogens with two attached hydrogens (primary N) is 1. The van der Waals surface area contributed by atoms with Crippen LogP contribution in [-0.2, 0) is 0 Å². The largest absolute Gasteiger partial charge is 0.366 e. The van der Waals surface area contributed by atoms with E-state index in [4.69, 9.17) is 5.73 Å². The van der Waals surface area contributed by atoms with Gasteiger partial charge in [0.1, 0.15) is 11.3 Å². The van der Waals surface area contributed by atoms with Gasteiger partial charge < -0.3 is 20.9 Å². The van der Waals surface area contributed by atoms with Gasteiger partial charge in [-0.05, 0) is 12.1 Å². The summed E-state index contributed by atoms with van der Waals surface area (Å²) in [6.07, 6.45) is 0. The summed E-state index contributed by atoms with van der Waals surface area (Å²) < 4.78 is 13.4. The van der Waals surface area contributed by atoms with Crippen molar-refractivity contribution >= 4 is 22.9 Å². The topological polar surface area (TPSA) is 87.0 Å². The number of benzene rings is 1. The molecule has 21 heavy (non-hydrogen) atoms. The van der Waals surface area contributed by atoms with Crippen LogP contribution in [0.5, 0.6) is 0 Å². The van der Waals surface area contributed by atoms with Gasteiger partial charge in [-0.2, -0.15) is 0 Å². The molecule has 2 heterocycles. The summed E-state index contributed by atoms with van der Waals surface area (Å²) in [4.78, 5) is 20.8. The van der Waals surface area contributed by atoms with Crippen molar-refractivity contribution in [3.63, 3.8) is 0 Å². The van der Waals surface area contributed by atoms with Gasteiger partial charge in [-0.15, -0.1) is 0 Å². The Hall–Kier alpha value is -2.15. The number of halogens is 1. The third-order valence-corrected chi connectivity index (χ3v) is 3.22. The van der Waals surface area contributed by atoms with Gasteiger partial charge in [0, 0.05) is 26.2 Å². The second-order valence-corrected chi connectivity index (χ2v) is 4.51. The Morgan fingerprint density at radius 1 is 1.33 bits per heavy atom. The maximum atomic E-state index is 13.4. The molecule has 1 aromatic carbocycles. The Labute approximate surface area is 122 Å². The van der Waals surface area contributed by atoms with Crippen LogP contribution in [0.2, 0.25) is 0 Å². The lowest BCUT2D eigenvalue weighted by molar-refractivity contribution is 0.100. The highest BCUT2D eigenvalue weighted by atomic mass is 19.1. The molecule has 2 aromatic rings. The second-order valence-electron chi connectivity index (χ2n) is 4.51. The predicted molar refractivity (Wildman–Crippen MR) is 81.0 cm³/mol. The minimum atomic E-state index is -0.678. The third kappa shape index (κ3) is 3.13. The molecule has 3 rings (SSSR count). The lowest BCUT2D eigenvalue weighted by Gasteiger charge is -2.26. The zero-order valence-corrected chi connectivity index (χ0v) is 12.2. The van der Waals surface area contributed by atoms with E-state index in [0.29, 0.717) is 17.0 Å². The molecule has 114 valence electrons. The molecular weight excluding hydrogens is 273 g/mol. The summed E-state index contributed by atoms with van der Waals surface area (Å²) in [6.45, 7) is 7.37. The first-order valence-corrected chi connectivity index (χ1v) is 7.10. The Morgan fingerprint density at radius 2 is 2.00 bits per heavy atom. The van der Waals surface area contributed by atoms with Crippen LogP contribution in [-0.4, -0.2) is 42.1 Å². The van der Waals surface area contributed by atoms with Gasteiger partial charge in [0.2, 0.25) is 5.95 Å². The number of hydrogen-bond donors (Lipinski definition) is 3. The summed E-state index contributed by atoms with van der Waals surface area (Å²) in [5.41, 5.74) is 6.26. The molecule has 1 aliphatic heterocycles. The molecule has 1 amide bonds. The highest BCUT2D eigenvalue weighted by Gasteiger charge is 2.18. The van der Waals surface area contributed by atoms with E-state index in [2.05, 4.69) is 20.2 Å². The van der Waals surface area contributed by atoms with E-state index in [1.807, 2.05) is 13.8 Å². The predicted octanol–water partition coefficient (Wildman–Crippen LogP) is 1.24. The van der Waals surface area contributed by atoms with Crippen LogP contribution in [0.15, 0.2) is 12.1 Å². The van der Waals surface area contributed by atoms with E-state index < -0.39 is 11.7 Å². The summed E-state index contributed by atoms with van der Waals surface area (Å²) in [5.74, 6) is -0.538. The third-order valence-electron chi connectivity index (χ3n) is 3.22. The number of fused-ring (bicyclic) bond motifs is 1. The quantitative estimate of drug-likeness (QED) is 0.777. The number of H-pyrrole nitrogens is 1. The average molecular weight is 293 g/mol. The number of amides is 1. The molecule has 0 spiro atoms. The maximum absolute atomic E-state index is 13.4. The molecule has 1 aliphatic rings. The molecule has 0 unspecified atom stereocenters. The Kier molecular flexibility index (Phi) is 4.74. The van der Waals surface area contributed by atoms with Crippen molar-refractivity contribution in [3.05, 3.63) is 23.5 Å². The highest BCUT2D eigenvalue weighted by molar-refractivity contribution is 6.04. The SMILES string of the molecule is CC.NC(=O)c1cc(F)cc2[nH]c(N3CCNCC3)nc12. The van der Waals surface area contributed by atoms with Gasteiger partial charge in [-0.25, -0.2) is 9.37 Å². The number of hydrogen-bond acceptors (Lipinski definition) is 4. The molecule has 0 atom stereocenters. The molecular formula is C14H20FN5O. The van der Waals surface area contributed by atoms with Crippen molar-refractivity contribution in [1.29, 1.82) is 0 Å². The standard InChI is InChI=1S/C12H14FN5O.C2H6/c13-7-5-8(11(14)19)10-9(6-7)16-12(17-10)18-3-1-15-2-4-18;1-2/h5-6,15H,1-4H2,(H2,14,19)(H,16,17);1-2H3. The van der Waals surface area contributed by atoms with Gasteiger partial charge in [0.25, 0.3) is 5.91 Å². The minimum Gasteiger partial charge on any atom is -0.366 e. The van der Waals surface area contributed by atoms with Gasteiger partial charge in [-0.1, -0.05) is 13.8 Å². The number of imidazole rings is 1. The van der Waals surface area contributed by atoms with Crippen molar-refractivity contribution in [1.82, 2.24) is 15.3 Å². The van der Waals surface area contributed by atoms with E-state index in [-0.39, 0.29) is 5.56 Å². The first-order valence-electron chi connectivity index (χ1n) is 7.10. The number of carbonyl (C=O) groups is 1. The molecule has 1 saturated heterocycles. The molecule has 1 aromatic heterocycles. The van der Waals surface area contributed by atoms with Crippen LogP contribution in [0.1, 0.15) is 24.2 Å². The number of nitrogens with one attached hydrogen (secondary N) is 2. The molecule has 1 fully saturated rings. The summed E-state index contributed by atoms with van der Waals surface area (Å²) in [6, 6.07) is 2.44. The number of carbonyl (C=O) groups excluding carboxylic acids is 1. The summed E-state index contributed by atoms with van der Waals surface area (Å²) in [5, 5.41) is 3.24. The van der Waals surface area contributed by atoms with E-state index in [9.17, 15) is 9.18 Å². The number of aromatic amines is 1. The Balaban J connectivity index is 0.000000774. The van der Waals surface area contributed by atoms with Crippen molar-refractivity contribution in [2.24, 2.45) is 5.73 Å². The first kappa shape index (κ1) is 15.2. The fourth-order valence-corrected chi connectivity index (χ4v) is 2.28. The normalized spacial score (nSPS) is 14.7. The van der Waals surface area contributed by atoms with Crippen molar-refractivity contribution in [2.75, 3.05) is 31.1 Å². The van der Waals surface area contributed by atoms with E-state index in [1.165, 1.54) is 6.07 Å². The van der Waals surface area contributed by atoms with Crippen molar-refractivity contribution in [3.8, 4) is 0 Å². The molecule has 0 aliphatic carbocycles. The number of aromatic nitrogens is 2. The number of anilines is 1. The number of primary amides is 1. The molecule has 4 N–H and O–H groups in total. The minimum absolute atomic E-state index is 0.104. The monoisotopic (exact) mass is 293 g/mol. The molecule has 0 radical (unpaired) electrons. The zero-order chi connectivity index (χ0) is 15.4. The van der Waals surface area contributed by atoms with E-state index in [1.54, 1.807) is 0 Å². The smallest absolute Gasteiger partial charge is 0.251 e. The fourth-order valence-electron chi connectivity index (χ4n) is 2.28. The Morgan fingerprint density at radius 3 is 2.62 bits per heavy atom. The van der Waals surface area contributed by atoms with E-state index >= 15 is 0 Å². The van der Waals surface area contributed by atoms with Crippen LogP contribution >= 0.6 is 0 Å². The van der Waals surface area contributed by atoms with Crippen molar-refractivity contribution in [2.45, 2.75) is 13.8 Å². The van der Waals surface area contributed by atoms with Crippen LogP contribution in [0.3, 0.4) is 0 Å². The van der Waals surface area contributed by atoms with Crippen LogP contribution < -0.4 is 16.0 Å². The lowest BCUT2D eigenvalue weighted by Crippen LogP contribution is -2.44. The lowest BCUT2D eigenvalue weighted by atomic mass is 10.1. The van der Waals surface area contributed by atoms with E-state index in [0.717, 1.165) is 32.2 Å². The van der Waals surface area contributed by atoms with Crippen LogP contribution in [0.25, 0.3) is 11.0 Å². The van der Waals surface area contributed by atoms with Crippen molar-refractivity contribution < 1.29 is 9.18 Å². The number of nitrogens with zero attached hydrogens (tertiary/aromatic N) is 2. The van der Waals surface area contributed by atoms with Gasteiger partial charge in [-0.3, -0.25) is 4.79 Å². The Bertz CT molecular complexity index is 634. The molecule has 6 nitrogen and oxygen atoms in total. The van der Waals surface area contributed by atoms with Crippen LogP contribution in [0.4, 0.5) is 10.3 Å². The molecule has 7 heteroatoms. The van der Waals surface area contributed by atoms with Gasteiger partial charge >= 0.3 is 0 Å². The zero-order valence-electron chi connectivity index (χ0n) is 12.2. The molecule has 0 bridgehead atoms. The fraction of sp³-hybridized carbons (Fsp3) is 0.429.